The molecule has 0 saturated heterocycles. The zero-order valence-corrected chi connectivity index (χ0v) is 17.7. The largest absolute Gasteiger partial charge is 0.508 e. The van der Waals surface area contributed by atoms with Gasteiger partial charge in [0.15, 0.2) is 0 Å². The molecule has 4 nitrogen and oxygen atoms in total. The Labute approximate surface area is 173 Å². The number of ether oxygens (including phenoxy) is 1. The summed E-state index contributed by atoms with van der Waals surface area (Å²) in [5.41, 5.74) is 0.407. The van der Waals surface area contributed by atoms with E-state index in [9.17, 15) is 9.90 Å². The Hall–Kier alpha value is -1.97. The van der Waals surface area contributed by atoms with Gasteiger partial charge in [0.2, 0.25) is 5.91 Å². The van der Waals surface area contributed by atoms with Gasteiger partial charge in [-0.1, -0.05) is 26.8 Å². The lowest BCUT2D eigenvalue weighted by atomic mass is 9.46. The fourth-order valence-electron chi connectivity index (χ4n) is 7.49. The van der Waals surface area contributed by atoms with Crippen molar-refractivity contribution >= 4 is 5.91 Å². The molecule has 0 radical (unpaired) electrons. The van der Waals surface area contributed by atoms with E-state index in [2.05, 4.69) is 32.2 Å². The van der Waals surface area contributed by atoms with Crippen LogP contribution in [0.5, 0.6) is 11.5 Å². The van der Waals surface area contributed by atoms with Gasteiger partial charge >= 0.3 is 0 Å². The highest BCUT2D eigenvalue weighted by molar-refractivity contribution is 5.89. The van der Waals surface area contributed by atoms with Gasteiger partial charge < -0.3 is 15.2 Å². The van der Waals surface area contributed by atoms with Crippen molar-refractivity contribution < 1.29 is 14.6 Å². The van der Waals surface area contributed by atoms with E-state index in [1.165, 1.54) is 12.8 Å². The average Bonchev–Trinajstić information content (AvgIpc) is 3.01. The van der Waals surface area contributed by atoms with E-state index in [1.807, 2.05) is 12.1 Å². The quantitative estimate of drug-likeness (QED) is 0.764. The molecule has 1 heterocycles. The van der Waals surface area contributed by atoms with E-state index >= 15 is 0 Å². The third kappa shape index (κ3) is 2.98. The fourth-order valence-corrected chi connectivity index (χ4v) is 7.49. The van der Waals surface area contributed by atoms with Crippen molar-refractivity contribution in [3.05, 3.63) is 36.4 Å². The molecule has 1 aromatic rings. The Balaban J connectivity index is 1.40. The molecular formula is C25H33NO3. The van der Waals surface area contributed by atoms with Crippen LogP contribution in [0.4, 0.5) is 0 Å². The molecule has 0 unspecified atom stereocenters. The van der Waals surface area contributed by atoms with Crippen molar-refractivity contribution in [1.82, 2.24) is 5.32 Å². The third-order valence-corrected chi connectivity index (χ3v) is 8.93. The molecule has 0 aromatic heterocycles. The van der Waals surface area contributed by atoms with Gasteiger partial charge in [0.05, 0.1) is 6.10 Å². The van der Waals surface area contributed by atoms with Crippen LogP contribution in [0.1, 0.15) is 52.9 Å². The summed E-state index contributed by atoms with van der Waals surface area (Å²) in [6.07, 6.45) is 10.0. The number of carbonyl (C=O) groups excluding carboxylic acids is 1. The maximum Gasteiger partial charge on any atom is 0.243 e. The first-order valence-electron chi connectivity index (χ1n) is 11.2. The van der Waals surface area contributed by atoms with E-state index in [-0.39, 0.29) is 29.2 Å². The second kappa shape index (κ2) is 6.52. The number of hydrogen-bond acceptors (Lipinski definition) is 3. The molecule has 3 aliphatic carbocycles. The number of nitrogens with one attached hydrogen (secondary N) is 1. The first-order valence-corrected chi connectivity index (χ1v) is 11.2. The van der Waals surface area contributed by atoms with E-state index in [0.29, 0.717) is 29.1 Å². The van der Waals surface area contributed by atoms with Crippen molar-refractivity contribution in [3.8, 4) is 11.5 Å². The molecule has 156 valence electrons. The Morgan fingerprint density at radius 2 is 1.90 bits per heavy atom. The Morgan fingerprint density at radius 1 is 1.14 bits per heavy atom. The molecule has 1 aromatic carbocycles. The summed E-state index contributed by atoms with van der Waals surface area (Å²) < 4.78 is 6.37. The smallest absolute Gasteiger partial charge is 0.243 e. The van der Waals surface area contributed by atoms with Crippen molar-refractivity contribution in [2.24, 2.45) is 34.5 Å². The van der Waals surface area contributed by atoms with Crippen molar-refractivity contribution in [3.63, 3.8) is 0 Å². The number of hydrogen-bond donors (Lipinski definition) is 2. The fraction of sp³-hybridized carbons (Fsp3) is 0.640. The van der Waals surface area contributed by atoms with Crippen LogP contribution in [-0.4, -0.2) is 23.2 Å². The maximum atomic E-state index is 12.0. The Kier molecular flexibility index (Phi) is 4.27. The molecule has 8 atom stereocenters. The molecule has 0 bridgehead atoms. The van der Waals surface area contributed by atoms with Crippen LogP contribution in [0.2, 0.25) is 0 Å². The average molecular weight is 396 g/mol. The van der Waals surface area contributed by atoms with Gasteiger partial charge in [-0.2, -0.15) is 0 Å². The topological polar surface area (TPSA) is 58.6 Å². The van der Waals surface area contributed by atoms with E-state index < -0.39 is 0 Å². The monoisotopic (exact) mass is 395 g/mol. The molecule has 5 rings (SSSR count). The second-order valence-electron chi connectivity index (χ2n) is 10.6. The highest BCUT2D eigenvalue weighted by atomic mass is 16.5. The summed E-state index contributed by atoms with van der Waals surface area (Å²) in [7, 11) is 0. The Bertz CT molecular complexity index is 833. The van der Waals surface area contributed by atoms with E-state index in [0.717, 1.165) is 25.0 Å². The zero-order valence-electron chi connectivity index (χ0n) is 17.7. The zero-order chi connectivity index (χ0) is 20.4. The minimum atomic E-state index is 0.0713. The molecule has 4 heteroatoms. The number of phenols is 1. The van der Waals surface area contributed by atoms with Crippen LogP contribution in [-0.2, 0) is 4.79 Å². The summed E-state index contributed by atoms with van der Waals surface area (Å²) in [5, 5.41) is 12.8. The first-order chi connectivity index (χ1) is 13.8. The van der Waals surface area contributed by atoms with Crippen molar-refractivity contribution in [1.29, 1.82) is 0 Å². The predicted molar refractivity (Wildman–Crippen MR) is 113 cm³/mol. The number of aromatic hydroxyl groups is 1. The standard InChI is InChI=1S/C25H33NO3/c1-15-12-21-25(3,11-9-22(28)26-21)19-8-10-24(2)14-18(13-20(24)23(15)19)29-17-6-4-16(27)5-7-17/h4-7,9,11,15,18-21,23,27H,8,10,12-14H2,1-3H3,(H,26,28)/t15-,18-,19-,20-,21+,23+,24+,25+/m0/s1. The minimum Gasteiger partial charge on any atom is -0.508 e. The second-order valence-corrected chi connectivity index (χ2v) is 10.6. The molecule has 4 aliphatic rings. The molecule has 1 amide bonds. The van der Waals surface area contributed by atoms with Crippen LogP contribution in [0, 0.1) is 34.5 Å². The van der Waals surface area contributed by atoms with Crippen molar-refractivity contribution in [2.45, 2.75) is 65.0 Å². The van der Waals surface area contributed by atoms with Crippen LogP contribution >= 0.6 is 0 Å². The van der Waals surface area contributed by atoms with Gasteiger partial charge in [0.25, 0.3) is 0 Å². The highest BCUT2D eigenvalue weighted by Gasteiger charge is 2.60. The summed E-state index contributed by atoms with van der Waals surface area (Å²) in [6.45, 7) is 7.26. The minimum absolute atomic E-state index is 0.0713. The molecule has 0 spiro atoms. The molecule has 3 saturated carbocycles. The third-order valence-electron chi connectivity index (χ3n) is 8.93. The normalized spacial score (nSPS) is 45.7. The SMILES string of the molecule is C[C@H]1C[C@H]2NC(=O)C=C[C@]2(C)[C@H]2CC[C@]3(C)C[C@@H](Oc4ccc(O)cc4)C[C@H]3[C@H]12. The molecular weight excluding hydrogens is 362 g/mol. The lowest BCUT2D eigenvalue weighted by molar-refractivity contribution is -0.124. The molecule has 2 N–H and O–H groups in total. The molecule has 29 heavy (non-hydrogen) atoms. The van der Waals surface area contributed by atoms with Crippen LogP contribution in [0.15, 0.2) is 36.4 Å². The highest BCUT2D eigenvalue weighted by Crippen LogP contribution is 2.64. The maximum absolute atomic E-state index is 12.0. The number of fused-ring (bicyclic) bond motifs is 5. The number of benzene rings is 1. The number of carbonyl (C=O) groups is 1. The van der Waals surface area contributed by atoms with Crippen LogP contribution in [0.3, 0.4) is 0 Å². The van der Waals surface area contributed by atoms with Gasteiger partial charge in [-0.25, -0.2) is 0 Å². The lowest BCUT2D eigenvalue weighted by Crippen LogP contribution is -2.61. The summed E-state index contributed by atoms with van der Waals surface area (Å²) in [5.74, 6) is 3.79. The van der Waals surface area contributed by atoms with Crippen molar-refractivity contribution in [2.75, 3.05) is 0 Å². The number of phenolic OH excluding ortho intramolecular Hbond substituents is 1. The summed E-state index contributed by atoms with van der Waals surface area (Å²) >= 11 is 0. The number of amides is 1. The molecule has 1 aliphatic heterocycles. The molecule has 3 fully saturated rings. The lowest BCUT2D eigenvalue weighted by Gasteiger charge is -2.60. The van der Waals surface area contributed by atoms with Gasteiger partial charge in [-0.05, 0) is 91.5 Å². The van der Waals surface area contributed by atoms with E-state index in [4.69, 9.17) is 4.74 Å². The summed E-state index contributed by atoms with van der Waals surface area (Å²) in [4.78, 5) is 12.0. The van der Waals surface area contributed by atoms with Crippen LogP contribution in [0.25, 0.3) is 0 Å². The summed E-state index contributed by atoms with van der Waals surface area (Å²) in [6, 6.07) is 7.40. The van der Waals surface area contributed by atoms with E-state index in [1.54, 1.807) is 18.2 Å². The van der Waals surface area contributed by atoms with Crippen LogP contribution < -0.4 is 10.1 Å². The van der Waals surface area contributed by atoms with Gasteiger partial charge in [0, 0.05) is 11.5 Å². The Morgan fingerprint density at radius 3 is 2.66 bits per heavy atom. The first kappa shape index (κ1) is 19.0. The number of rotatable bonds is 2. The van der Waals surface area contributed by atoms with Gasteiger partial charge in [-0.3, -0.25) is 4.79 Å². The van der Waals surface area contributed by atoms with Gasteiger partial charge in [-0.15, -0.1) is 0 Å². The van der Waals surface area contributed by atoms with Gasteiger partial charge in [0.1, 0.15) is 11.5 Å². The predicted octanol–water partition coefficient (Wildman–Crippen LogP) is 4.68.